The van der Waals surface area contributed by atoms with Crippen LogP contribution in [0.5, 0.6) is 0 Å². The van der Waals surface area contributed by atoms with Crippen LogP contribution in [-0.4, -0.2) is 60.8 Å². The minimum atomic E-state index is -1.08. The van der Waals surface area contributed by atoms with Gasteiger partial charge >= 0.3 is 12.1 Å². The summed E-state index contributed by atoms with van der Waals surface area (Å²) in [5.74, 6) is -0.832. The Balaban J connectivity index is 1.99. The van der Waals surface area contributed by atoms with E-state index in [1.807, 2.05) is 29.2 Å². The number of ether oxygens (including phenoxy) is 2. The van der Waals surface area contributed by atoms with Gasteiger partial charge < -0.3 is 19.7 Å². The molecule has 1 saturated heterocycles. The molecule has 2 aliphatic rings. The zero-order valence-electron chi connectivity index (χ0n) is 16.2. The van der Waals surface area contributed by atoms with Crippen LogP contribution in [-0.2, 0) is 19.1 Å². The Kier molecular flexibility index (Phi) is 4.53. The quantitative estimate of drug-likeness (QED) is 0.756. The first-order valence-electron chi connectivity index (χ1n) is 8.81. The standard InChI is InChI=1S/C19H25N3O5/c1-18(2,3)27-17(25)22-11-19(10-14(22)15(23)26-5)16(24)20-12-8-6-7-9-13(12)21(19)4/h6-9,14H,10-11H2,1-5H3,(H,20,24)/t14-,19+/m0/s1. The van der Waals surface area contributed by atoms with Crippen molar-refractivity contribution in [3.8, 4) is 0 Å². The molecule has 0 aliphatic carbocycles. The Morgan fingerprint density at radius 1 is 1.26 bits per heavy atom. The van der Waals surface area contributed by atoms with Crippen molar-refractivity contribution in [3.05, 3.63) is 24.3 Å². The van der Waals surface area contributed by atoms with E-state index in [1.54, 1.807) is 27.8 Å². The predicted molar refractivity (Wildman–Crippen MR) is 99.6 cm³/mol. The van der Waals surface area contributed by atoms with Gasteiger partial charge in [0.15, 0.2) is 0 Å². The molecule has 1 N–H and O–H groups in total. The van der Waals surface area contributed by atoms with Gasteiger partial charge in [-0.05, 0) is 32.9 Å². The number of amides is 2. The molecule has 8 nitrogen and oxygen atoms in total. The number of carbonyl (C=O) groups excluding carboxylic acids is 3. The van der Waals surface area contributed by atoms with E-state index in [4.69, 9.17) is 9.47 Å². The van der Waals surface area contributed by atoms with Gasteiger partial charge in [0, 0.05) is 13.5 Å². The Bertz CT molecular complexity index is 788. The number of methoxy groups -OCH3 is 1. The fraction of sp³-hybridized carbons (Fsp3) is 0.526. The van der Waals surface area contributed by atoms with Crippen LogP contribution in [0.25, 0.3) is 0 Å². The van der Waals surface area contributed by atoms with E-state index in [0.29, 0.717) is 5.69 Å². The second-order valence-corrected chi connectivity index (χ2v) is 7.91. The van der Waals surface area contributed by atoms with Crippen LogP contribution in [0.3, 0.4) is 0 Å². The van der Waals surface area contributed by atoms with E-state index < -0.39 is 29.2 Å². The number of nitrogens with one attached hydrogen (secondary N) is 1. The summed E-state index contributed by atoms with van der Waals surface area (Å²) in [4.78, 5) is 41.2. The van der Waals surface area contributed by atoms with Crippen LogP contribution < -0.4 is 10.2 Å². The molecule has 0 radical (unpaired) electrons. The smallest absolute Gasteiger partial charge is 0.411 e. The van der Waals surface area contributed by atoms with Gasteiger partial charge in [-0.3, -0.25) is 9.69 Å². The van der Waals surface area contributed by atoms with Crippen molar-refractivity contribution < 1.29 is 23.9 Å². The highest BCUT2D eigenvalue weighted by Crippen LogP contribution is 2.42. The third-order valence-electron chi connectivity index (χ3n) is 5.02. The van der Waals surface area contributed by atoms with Gasteiger partial charge in [-0.15, -0.1) is 0 Å². The molecule has 1 spiro atoms. The lowest BCUT2D eigenvalue weighted by Gasteiger charge is -2.43. The van der Waals surface area contributed by atoms with Crippen LogP contribution in [0, 0.1) is 0 Å². The minimum absolute atomic E-state index is 0.0261. The Labute approximate surface area is 158 Å². The first-order chi connectivity index (χ1) is 12.6. The summed E-state index contributed by atoms with van der Waals surface area (Å²) < 4.78 is 10.3. The fourth-order valence-corrected chi connectivity index (χ4v) is 3.65. The molecule has 2 heterocycles. The van der Waals surface area contributed by atoms with Crippen LogP contribution >= 0.6 is 0 Å². The molecule has 1 fully saturated rings. The second-order valence-electron chi connectivity index (χ2n) is 7.91. The van der Waals surface area contributed by atoms with Gasteiger partial charge in [0.25, 0.3) is 5.91 Å². The largest absolute Gasteiger partial charge is 0.467 e. The van der Waals surface area contributed by atoms with Crippen LogP contribution in [0.4, 0.5) is 16.2 Å². The molecule has 27 heavy (non-hydrogen) atoms. The number of likely N-dealkylation sites (tertiary alicyclic amines) is 1. The molecular formula is C19H25N3O5. The number of likely N-dealkylation sites (N-methyl/N-ethyl adjacent to an activating group) is 1. The predicted octanol–water partition coefficient (Wildman–Crippen LogP) is 2.00. The highest BCUT2D eigenvalue weighted by molar-refractivity contribution is 6.08. The first kappa shape index (κ1) is 19.0. The van der Waals surface area contributed by atoms with Crippen molar-refractivity contribution in [3.63, 3.8) is 0 Å². The highest BCUT2D eigenvalue weighted by Gasteiger charge is 2.58. The van der Waals surface area contributed by atoms with Gasteiger partial charge in [-0.2, -0.15) is 0 Å². The normalized spacial score (nSPS) is 24.5. The zero-order chi connectivity index (χ0) is 20.0. The van der Waals surface area contributed by atoms with Crippen molar-refractivity contribution in [2.75, 3.05) is 30.9 Å². The molecule has 2 atom stereocenters. The summed E-state index contributed by atoms with van der Waals surface area (Å²) >= 11 is 0. The summed E-state index contributed by atoms with van der Waals surface area (Å²) in [5.41, 5.74) is -0.280. The molecule has 146 valence electrons. The van der Waals surface area contributed by atoms with Gasteiger partial charge in [0.2, 0.25) is 0 Å². The molecule has 8 heteroatoms. The SMILES string of the molecule is COC(=O)[C@@H]1C[C@@]2(CN1C(=O)OC(C)(C)C)C(=O)Nc1ccccc1N2C. The van der Waals surface area contributed by atoms with Crippen molar-refractivity contribution in [1.82, 2.24) is 4.90 Å². The Morgan fingerprint density at radius 2 is 1.93 bits per heavy atom. The number of benzene rings is 1. The third-order valence-corrected chi connectivity index (χ3v) is 5.02. The molecule has 0 saturated carbocycles. The van der Waals surface area contributed by atoms with E-state index in [9.17, 15) is 14.4 Å². The summed E-state index contributed by atoms with van der Waals surface area (Å²) in [6.45, 7) is 5.27. The van der Waals surface area contributed by atoms with E-state index in [0.717, 1.165) is 5.69 Å². The van der Waals surface area contributed by atoms with Crippen molar-refractivity contribution in [1.29, 1.82) is 0 Å². The zero-order valence-corrected chi connectivity index (χ0v) is 16.2. The number of para-hydroxylation sites is 2. The number of rotatable bonds is 1. The van der Waals surface area contributed by atoms with Gasteiger partial charge in [-0.25, -0.2) is 9.59 Å². The van der Waals surface area contributed by atoms with Crippen LogP contribution in [0.15, 0.2) is 24.3 Å². The first-order valence-corrected chi connectivity index (χ1v) is 8.81. The molecule has 0 unspecified atom stereocenters. The molecule has 1 aromatic rings. The third kappa shape index (κ3) is 3.20. The summed E-state index contributed by atoms with van der Waals surface area (Å²) in [6.07, 6.45) is -0.523. The maximum atomic E-state index is 13.0. The minimum Gasteiger partial charge on any atom is -0.467 e. The van der Waals surface area contributed by atoms with E-state index in [1.165, 1.54) is 12.0 Å². The number of anilines is 2. The lowest BCUT2D eigenvalue weighted by molar-refractivity contribution is -0.145. The molecule has 3 rings (SSSR count). The average Bonchev–Trinajstić information content (AvgIpc) is 3.00. The maximum absolute atomic E-state index is 13.0. The Hall–Kier alpha value is -2.77. The number of hydrogen-bond acceptors (Lipinski definition) is 6. The number of nitrogens with zero attached hydrogens (tertiary/aromatic N) is 2. The molecule has 1 aromatic carbocycles. The van der Waals surface area contributed by atoms with Crippen molar-refractivity contribution >= 4 is 29.3 Å². The van der Waals surface area contributed by atoms with Crippen molar-refractivity contribution in [2.24, 2.45) is 0 Å². The van der Waals surface area contributed by atoms with Gasteiger partial charge in [0.1, 0.15) is 17.2 Å². The van der Waals surface area contributed by atoms with Gasteiger partial charge in [0.05, 0.1) is 25.0 Å². The monoisotopic (exact) mass is 375 g/mol. The van der Waals surface area contributed by atoms with Gasteiger partial charge in [-0.1, -0.05) is 12.1 Å². The average molecular weight is 375 g/mol. The second kappa shape index (κ2) is 6.44. The number of carbonyl (C=O) groups is 3. The van der Waals surface area contributed by atoms with E-state index in [2.05, 4.69) is 5.32 Å². The van der Waals surface area contributed by atoms with E-state index >= 15 is 0 Å². The molecule has 0 bridgehead atoms. The van der Waals surface area contributed by atoms with Crippen molar-refractivity contribution in [2.45, 2.75) is 44.4 Å². The lowest BCUT2D eigenvalue weighted by atomic mass is 9.89. The topological polar surface area (TPSA) is 88.2 Å². The fourth-order valence-electron chi connectivity index (χ4n) is 3.65. The summed E-state index contributed by atoms with van der Waals surface area (Å²) in [6, 6.07) is 6.51. The van der Waals surface area contributed by atoms with Crippen LogP contribution in [0.1, 0.15) is 27.2 Å². The lowest BCUT2D eigenvalue weighted by Crippen LogP contribution is -2.60. The Morgan fingerprint density at radius 3 is 2.56 bits per heavy atom. The molecule has 2 amide bonds. The molecule has 2 aliphatic heterocycles. The number of fused-ring (bicyclic) bond motifs is 1. The summed E-state index contributed by atoms with van der Waals surface area (Å²) in [7, 11) is 3.06. The molecule has 0 aromatic heterocycles. The number of hydrogen-bond donors (Lipinski definition) is 1. The van der Waals surface area contributed by atoms with E-state index in [-0.39, 0.29) is 18.9 Å². The maximum Gasteiger partial charge on any atom is 0.411 e. The highest BCUT2D eigenvalue weighted by atomic mass is 16.6. The summed E-state index contributed by atoms with van der Waals surface area (Å²) in [5, 5.41) is 2.90. The van der Waals surface area contributed by atoms with Crippen LogP contribution in [0.2, 0.25) is 0 Å². The molecular weight excluding hydrogens is 350 g/mol. The number of esters is 1.